The lowest BCUT2D eigenvalue weighted by Crippen LogP contribution is -2.09. The fourth-order valence-corrected chi connectivity index (χ4v) is 3.09. The normalized spacial score (nSPS) is 14.2. The summed E-state index contributed by atoms with van der Waals surface area (Å²) in [6.07, 6.45) is 1.31. The molecule has 0 radical (unpaired) electrons. The van der Waals surface area contributed by atoms with Crippen molar-refractivity contribution in [1.29, 1.82) is 0 Å². The molecular weight excluding hydrogens is 322 g/mol. The van der Waals surface area contributed by atoms with E-state index in [9.17, 15) is 5.11 Å². The van der Waals surface area contributed by atoms with Crippen molar-refractivity contribution < 1.29 is 5.11 Å². The Morgan fingerprint density at radius 1 is 1.00 bits per heavy atom. The molecule has 1 aromatic heterocycles. The molecule has 1 aliphatic carbocycles. The summed E-state index contributed by atoms with van der Waals surface area (Å²) in [5, 5.41) is 19.1. The maximum atomic E-state index is 10.6. The van der Waals surface area contributed by atoms with Gasteiger partial charge in [-0.15, -0.1) is 5.10 Å². The largest absolute Gasteiger partial charge is 0.388 e. The molecule has 1 atom stereocenters. The van der Waals surface area contributed by atoms with E-state index < -0.39 is 6.10 Å². The molecule has 3 aromatic rings. The Balaban J connectivity index is 0.000000444. The van der Waals surface area contributed by atoms with Gasteiger partial charge in [0.1, 0.15) is 5.69 Å². The highest BCUT2D eigenvalue weighted by Gasteiger charge is 2.25. The molecular formula is C22H29N3O. The van der Waals surface area contributed by atoms with Crippen molar-refractivity contribution in [2.45, 2.75) is 46.6 Å². The summed E-state index contributed by atoms with van der Waals surface area (Å²) in [7, 11) is 1.91. The van der Waals surface area contributed by atoms with E-state index >= 15 is 0 Å². The number of aromatic nitrogens is 3. The minimum Gasteiger partial charge on any atom is -0.388 e. The minimum atomic E-state index is -0.530. The molecule has 1 aliphatic rings. The van der Waals surface area contributed by atoms with E-state index in [1.807, 2.05) is 62.0 Å². The van der Waals surface area contributed by atoms with Crippen molar-refractivity contribution in [3.05, 3.63) is 59.7 Å². The van der Waals surface area contributed by atoms with E-state index in [1.54, 1.807) is 0 Å². The minimum absolute atomic E-state index is 0.530. The molecule has 4 nitrogen and oxygen atoms in total. The zero-order valence-electron chi connectivity index (χ0n) is 16.4. The smallest absolute Gasteiger partial charge is 0.121 e. The Morgan fingerprint density at radius 2 is 1.58 bits per heavy atom. The van der Waals surface area contributed by atoms with Crippen LogP contribution in [0.4, 0.5) is 0 Å². The quantitative estimate of drug-likeness (QED) is 0.607. The SMILES string of the molecule is CC.CCC.Cn1nnc2c1-c1ccccc1CC(O)c1ccccc1-2. The van der Waals surface area contributed by atoms with Crippen LogP contribution in [0.5, 0.6) is 0 Å². The van der Waals surface area contributed by atoms with Gasteiger partial charge in [0.25, 0.3) is 0 Å². The van der Waals surface area contributed by atoms with Crippen LogP contribution in [0.25, 0.3) is 22.5 Å². The second-order valence-electron chi connectivity index (χ2n) is 6.08. The van der Waals surface area contributed by atoms with Crippen molar-refractivity contribution >= 4 is 0 Å². The van der Waals surface area contributed by atoms with Crippen LogP contribution in [0.2, 0.25) is 0 Å². The summed E-state index contributed by atoms with van der Waals surface area (Å²) in [6, 6.07) is 16.0. The number of aliphatic hydroxyl groups is 1. The molecule has 0 amide bonds. The summed E-state index contributed by atoms with van der Waals surface area (Å²) >= 11 is 0. The Labute approximate surface area is 156 Å². The van der Waals surface area contributed by atoms with Crippen molar-refractivity contribution in [3.8, 4) is 22.5 Å². The molecule has 0 spiro atoms. The number of benzene rings is 2. The summed E-state index contributed by atoms with van der Waals surface area (Å²) < 4.78 is 1.81. The molecule has 1 N–H and O–H groups in total. The molecule has 1 unspecified atom stereocenters. The first-order valence-corrected chi connectivity index (χ1v) is 9.42. The Morgan fingerprint density at radius 3 is 2.27 bits per heavy atom. The van der Waals surface area contributed by atoms with Gasteiger partial charge in [-0.1, -0.05) is 87.9 Å². The van der Waals surface area contributed by atoms with Gasteiger partial charge < -0.3 is 5.11 Å². The fraction of sp³-hybridized carbons (Fsp3) is 0.364. The zero-order chi connectivity index (χ0) is 19.1. The highest BCUT2D eigenvalue weighted by Crippen LogP contribution is 2.39. The Kier molecular flexibility index (Phi) is 7.10. The van der Waals surface area contributed by atoms with Crippen LogP contribution in [-0.4, -0.2) is 20.1 Å². The van der Waals surface area contributed by atoms with Gasteiger partial charge in [0.2, 0.25) is 0 Å². The van der Waals surface area contributed by atoms with Gasteiger partial charge >= 0.3 is 0 Å². The third-order valence-electron chi connectivity index (χ3n) is 4.09. The third-order valence-corrected chi connectivity index (χ3v) is 4.09. The molecule has 0 aliphatic heterocycles. The second-order valence-corrected chi connectivity index (χ2v) is 6.08. The van der Waals surface area contributed by atoms with Gasteiger partial charge in [-0.2, -0.15) is 0 Å². The summed E-state index contributed by atoms with van der Waals surface area (Å²) in [4.78, 5) is 0. The van der Waals surface area contributed by atoms with Crippen LogP contribution >= 0.6 is 0 Å². The fourth-order valence-electron chi connectivity index (χ4n) is 3.09. The van der Waals surface area contributed by atoms with Crippen LogP contribution in [0.3, 0.4) is 0 Å². The predicted octanol–water partition coefficient (Wildman–Crippen LogP) is 5.18. The number of aliphatic hydroxyl groups excluding tert-OH is 1. The van der Waals surface area contributed by atoms with Gasteiger partial charge in [0, 0.05) is 24.6 Å². The molecule has 0 saturated carbocycles. The van der Waals surface area contributed by atoms with E-state index in [4.69, 9.17) is 0 Å². The standard InChI is InChI=1S/C17H15N3O.C3H8.C2H6/c1-20-17-12-7-3-2-6-11(12)10-15(21)13-8-4-5-9-14(13)16(17)18-19-20;1-3-2;1-2/h2-9,15,21H,10H2,1H3;3H2,1-2H3;1-2H3. The van der Waals surface area contributed by atoms with E-state index in [1.165, 1.54) is 6.42 Å². The monoisotopic (exact) mass is 351 g/mol. The second kappa shape index (κ2) is 9.30. The first-order chi connectivity index (χ1) is 12.7. The van der Waals surface area contributed by atoms with Gasteiger partial charge in [-0.25, -0.2) is 4.68 Å². The highest BCUT2D eigenvalue weighted by molar-refractivity contribution is 5.82. The van der Waals surface area contributed by atoms with Crippen molar-refractivity contribution in [1.82, 2.24) is 15.0 Å². The summed E-state index contributed by atoms with van der Waals surface area (Å²) in [6.45, 7) is 8.25. The summed E-state index contributed by atoms with van der Waals surface area (Å²) in [5.74, 6) is 0. The van der Waals surface area contributed by atoms with Crippen molar-refractivity contribution in [2.75, 3.05) is 0 Å². The first kappa shape index (κ1) is 19.9. The number of hydrogen-bond donors (Lipinski definition) is 1. The van der Waals surface area contributed by atoms with Crippen LogP contribution in [0.1, 0.15) is 51.3 Å². The lowest BCUT2D eigenvalue weighted by molar-refractivity contribution is 0.179. The maximum Gasteiger partial charge on any atom is 0.121 e. The average molecular weight is 351 g/mol. The Bertz CT molecular complexity index is 839. The predicted molar refractivity (Wildman–Crippen MR) is 108 cm³/mol. The number of fused-ring (bicyclic) bond motifs is 5. The molecule has 4 rings (SSSR count). The molecule has 1 heterocycles. The third kappa shape index (κ3) is 3.86. The van der Waals surface area contributed by atoms with Crippen molar-refractivity contribution in [3.63, 3.8) is 0 Å². The lowest BCUT2D eigenvalue weighted by Gasteiger charge is -2.21. The molecule has 0 saturated heterocycles. The highest BCUT2D eigenvalue weighted by atomic mass is 16.3. The molecule has 26 heavy (non-hydrogen) atoms. The van der Waals surface area contributed by atoms with E-state index in [0.29, 0.717) is 6.42 Å². The molecule has 0 bridgehead atoms. The van der Waals surface area contributed by atoms with E-state index in [-0.39, 0.29) is 0 Å². The number of hydrogen-bond acceptors (Lipinski definition) is 3. The molecule has 0 fully saturated rings. The Hall–Kier alpha value is -2.46. The van der Waals surface area contributed by atoms with Gasteiger partial charge in [0.15, 0.2) is 0 Å². The maximum absolute atomic E-state index is 10.6. The van der Waals surface area contributed by atoms with Crippen molar-refractivity contribution in [2.24, 2.45) is 7.05 Å². The van der Waals surface area contributed by atoms with E-state index in [0.717, 1.165) is 33.6 Å². The van der Waals surface area contributed by atoms with Crippen LogP contribution in [0.15, 0.2) is 48.5 Å². The van der Waals surface area contributed by atoms with E-state index in [2.05, 4.69) is 36.3 Å². The average Bonchev–Trinajstić information content (AvgIpc) is 3.04. The topological polar surface area (TPSA) is 50.9 Å². The van der Waals surface area contributed by atoms with Gasteiger partial charge in [-0.05, 0) is 11.1 Å². The molecule has 138 valence electrons. The zero-order valence-corrected chi connectivity index (χ0v) is 16.4. The number of rotatable bonds is 0. The summed E-state index contributed by atoms with van der Waals surface area (Å²) in [5.41, 5.74) is 5.92. The van der Waals surface area contributed by atoms with Crippen LogP contribution in [-0.2, 0) is 13.5 Å². The van der Waals surface area contributed by atoms with Gasteiger partial charge in [-0.3, -0.25) is 0 Å². The molecule has 2 aromatic carbocycles. The molecule has 4 heteroatoms. The number of nitrogens with zero attached hydrogens (tertiary/aromatic N) is 3. The number of aryl methyl sites for hydroxylation is 1. The lowest BCUT2D eigenvalue weighted by atomic mass is 9.88. The van der Waals surface area contributed by atoms with Crippen LogP contribution < -0.4 is 0 Å². The van der Waals surface area contributed by atoms with Crippen LogP contribution in [0, 0.1) is 0 Å². The first-order valence-electron chi connectivity index (χ1n) is 9.42. The van der Waals surface area contributed by atoms with Gasteiger partial charge in [0.05, 0.1) is 11.8 Å².